The lowest BCUT2D eigenvalue weighted by Gasteiger charge is -2.24. The maximum absolute atomic E-state index is 15.4. The van der Waals surface area contributed by atoms with E-state index in [9.17, 15) is 24.1 Å². The molecule has 1 saturated heterocycles. The number of nitrogens with one attached hydrogen (secondary N) is 3. The van der Waals surface area contributed by atoms with Crippen LogP contribution in [0, 0.1) is 0 Å². The molecule has 0 saturated carbocycles. The fourth-order valence-electron chi connectivity index (χ4n) is 4.86. The number of allylic oxidation sites excluding steroid dienone is 12. The Bertz CT molecular complexity index is 1530. The van der Waals surface area contributed by atoms with Gasteiger partial charge in [0.2, 0.25) is 5.91 Å². The van der Waals surface area contributed by atoms with E-state index in [1.54, 1.807) is 0 Å². The van der Waals surface area contributed by atoms with Crippen LogP contribution in [0.15, 0.2) is 94.8 Å². The van der Waals surface area contributed by atoms with E-state index >= 15 is 4.39 Å². The number of hydrogen-bond donors (Lipinski definition) is 4. The number of rotatable bonds is 26. The third-order valence-corrected chi connectivity index (χ3v) is 9.31. The highest BCUT2D eigenvalue weighted by atomic mass is 31.2. The van der Waals surface area contributed by atoms with Gasteiger partial charge in [0.1, 0.15) is 12.2 Å². The molecule has 4 N–H and O–H groups in total. The molecule has 13 nitrogen and oxygen atoms in total. The number of alkyl halides is 1. The summed E-state index contributed by atoms with van der Waals surface area (Å²) in [6, 6.07) is 1.02. The first-order chi connectivity index (χ1) is 25.0. The number of aliphatic hydroxyl groups excluding tert-OH is 1. The molecule has 1 aromatic heterocycles. The molecule has 290 valence electrons. The lowest BCUT2D eigenvalue weighted by molar-refractivity contribution is -0.121. The standard InChI is InChI=1S/C37H56FN4O9P/c1-4-5-6-7-8-9-10-11-12-13-14-15-16-17-18-19-20-21-22-23-32(43)39-25-28-49-29-26-40-52(47,48-3)50-30-31-34(45)37(2,38)35(51-31)42-27-24-33(44)41-36(42)46/h5-6,8-9,11-12,14-15,17-18,20-21,24,27,31,34-35,45H,4,7,10,13,16,19,22-23,25-26,28-30H2,1-3H3,(H,39,43)(H,40,47)(H,41,44,46)/b6-5-,9-8-,12-11-,15-14-,18-17-,21-20-/t31-,34-,35?,37-,52?/m1/s1. The predicted octanol–water partition coefficient (Wildman–Crippen LogP) is 5.49. The Labute approximate surface area is 305 Å². The van der Waals surface area contributed by atoms with Gasteiger partial charge in [-0.15, -0.1) is 0 Å². The van der Waals surface area contributed by atoms with E-state index in [0.29, 0.717) is 19.4 Å². The number of ether oxygens (including phenoxy) is 2. The minimum absolute atomic E-state index is 0.0616. The Morgan fingerprint density at radius 3 is 2.10 bits per heavy atom. The zero-order valence-corrected chi connectivity index (χ0v) is 31.4. The number of H-pyrrole nitrogens is 1. The molecule has 52 heavy (non-hydrogen) atoms. The number of aromatic nitrogens is 2. The van der Waals surface area contributed by atoms with Crippen LogP contribution < -0.4 is 21.7 Å². The van der Waals surface area contributed by atoms with Crippen molar-refractivity contribution in [2.45, 2.75) is 89.3 Å². The summed E-state index contributed by atoms with van der Waals surface area (Å²) in [5.74, 6) is -0.0908. The number of carbonyl (C=O) groups is 1. The van der Waals surface area contributed by atoms with Gasteiger partial charge in [0.25, 0.3) is 5.56 Å². The highest BCUT2D eigenvalue weighted by Gasteiger charge is 2.55. The minimum Gasteiger partial charge on any atom is -0.387 e. The molecule has 2 heterocycles. The third kappa shape index (κ3) is 17.4. The fraction of sp³-hybridized carbons (Fsp3) is 0.541. The van der Waals surface area contributed by atoms with E-state index in [2.05, 4.69) is 78.1 Å². The van der Waals surface area contributed by atoms with Crippen LogP contribution in [0.4, 0.5) is 4.39 Å². The van der Waals surface area contributed by atoms with Crippen molar-refractivity contribution in [2.24, 2.45) is 0 Å². The molecule has 0 aromatic carbocycles. The second-order valence-corrected chi connectivity index (χ2v) is 13.9. The maximum Gasteiger partial charge on any atom is 0.405 e. The number of aromatic amines is 1. The van der Waals surface area contributed by atoms with E-state index < -0.39 is 49.7 Å². The molecule has 1 fully saturated rings. The van der Waals surface area contributed by atoms with Crippen LogP contribution in [0.5, 0.6) is 0 Å². The largest absolute Gasteiger partial charge is 0.405 e. The van der Waals surface area contributed by atoms with E-state index in [0.717, 1.165) is 69.4 Å². The first-order valence-electron chi connectivity index (χ1n) is 17.7. The molecular weight excluding hydrogens is 694 g/mol. The van der Waals surface area contributed by atoms with Gasteiger partial charge in [-0.25, -0.2) is 18.8 Å². The Morgan fingerprint density at radius 2 is 1.54 bits per heavy atom. The van der Waals surface area contributed by atoms with Gasteiger partial charge in [-0.1, -0.05) is 79.8 Å². The van der Waals surface area contributed by atoms with Crippen molar-refractivity contribution in [1.29, 1.82) is 0 Å². The summed E-state index contributed by atoms with van der Waals surface area (Å²) in [5, 5.41) is 15.9. The predicted molar refractivity (Wildman–Crippen MR) is 201 cm³/mol. The average Bonchev–Trinajstić information content (AvgIpc) is 3.34. The van der Waals surface area contributed by atoms with E-state index in [-0.39, 0.29) is 25.7 Å². The monoisotopic (exact) mass is 750 g/mol. The number of hydrogen-bond acceptors (Lipinski definition) is 9. The van der Waals surface area contributed by atoms with Gasteiger partial charge in [0.05, 0.1) is 19.8 Å². The van der Waals surface area contributed by atoms with Crippen LogP contribution in [0.1, 0.15) is 71.4 Å². The molecule has 0 bridgehead atoms. The van der Waals surface area contributed by atoms with E-state index in [1.165, 1.54) is 0 Å². The summed E-state index contributed by atoms with van der Waals surface area (Å²) in [5.41, 5.74) is -4.02. The van der Waals surface area contributed by atoms with Gasteiger partial charge in [-0.3, -0.25) is 23.7 Å². The summed E-state index contributed by atoms with van der Waals surface area (Å²) >= 11 is 0. The Kier molecular flexibility index (Phi) is 21.9. The molecule has 0 spiro atoms. The van der Waals surface area contributed by atoms with Crippen molar-refractivity contribution < 1.29 is 37.4 Å². The van der Waals surface area contributed by atoms with Gasteiger partial charge in [0, 0.05) is 38.9 Å². The molecule has 0 aliphatic carbocycles. The van der Waals surface area contributed by atoms with Crippen molar-refractivity contribution in [3.63, 3.8) is 0 Å². The van der Waals surface area contributed by atoms with Gasteiger partial charge in [0.15, 0.2) is 11.9 Å². The van der Waals surface area contributed by atoms with E-state index in [4.69, 9.17) is 18.5 Å². The lowest BCUT2D eigenvalue weighted by atomic mass is 9.98. The Morgan fingerprint density at radius 1 is 0.981 bits per heavy atom. The molecule has 1 amide bonds. The van der Waals surface area contributed by atoms with Crippen LogP contribution in [-0.2, 0) is 27.9 Å². The van der Waals surface area contributed by atoms with Crippen LogP contribution >= 0.6 is 7.75 Å². The Hall–Kier alpha value is -3.49. The lowest BCUT2D eigenvalue weighted by Crippen LogP contribution is -2.43. The van der Waals surface area contributed by atoms with Gasteiger partial charge >= 0.3 is 13.4 Å². The van der Waals surface area contributed by atoms with Crippen molar-refractivity contribution in [1.82, 2.24) is 20.0 Å². The zero-order valence-electron chi connectivity index (χ0n) is 30.5. The third-order valence-electron chi connectivity index (χ3n) is 7.72. The fourth-order valence-corrected chi connectivity index (χ4v) is 5.89. The number of aliphatic hydroxyl groups is 1. The first-order valence-corrected chi connectivity index (χ1v) is 19.2. The van der Waals surface area contributed by atoms with Crippen LogP contribution in [0.2, 0.25) is 0 Å². The highest BCUT2D eigenvalue weighted by molar-refractivity contribution is 7.51. The summed E-state index contributed by atoms with van der Waals surface area (Å²) in [4.78, 5) is 37.5. The highest BCUT2D eigenvalue weighted by Crippen LogP contribution is 2.45. The first kappa shape index (κ1) is 44.7. The van der Waals surface area contributed by atoms with Crippen molar-refractivity contribution in [2.75, 3.05) is 40.0 Å². The quantitative estimate of drug-likeness (QED) is 0.0539. The molecule has 2 unspecified atom stereocenters. The molecule has 15 heteroatoms. The van der Waals surface area contributed by atoms with Crippen molar-refractivity contribution in [3.05, 3.63) is 106 Å². The molecule has 0 radical (unpaired) electrons. The number of halogens is 1. The summed E-state index contributed by atoms with van der Waals surface area (Å²) in [7, 11) is -2.74. The summed E-state index contributed by atoms with van der Waals surface area (Å²) in [6.45, 7) is 3.36. The van der Waals surface area contributed by atoms with Crippen LogP contribution in [0.25, 0.3) is 0 Å². The van der Waals surface area contributed by atoms with Crippen molar-refractivity contribution >= 4 is 13.7 Å². The molecule has 5 atom stereocenters. The zero-order chi connectivity index (χ0) is 38.1. The molecule has 1 aliphatic rings. The number of amides is 1. The molecule has 1 aromatic rings. The van der Waals surface area contributed by atoms with Crippen LogP contribution in [0.3, 0.4) is 0 Å². The van der Waals surface area contributed by atoms with Gasteiger partial charge in [-0.05, 0) is 51.9 Å². The van der Waals surface area contributed by atoms with Gasteiger partial charge in [-0.2, -0.15) is 0 Å². The smallest absolute Gasteiger partial charge is 0.387 e. The molecule has 2 rings (SSSR count). The Balaban J connectivity index is 1.51. The van der Waals surface area contributed by atoms with Crippen molar-refractivity contribution in [3.8, 4) is 0 Å². The molecular formula is C37H56FN4O9P. The summed E-state index contributed by atoms with van der Waals surface area (Å²) < 4.78 is 50.4. The minimum atomic E-state index is -3.89. The SMILES string of the molecule is CC/C=C\C/C=C\C/C=C\C/C=C\C/C=C\C/C=C\CCC(=O)NCCOCCNP(=O)(OC)OC[C@H]1OC(n2ccc(=O)[nH]c2=O)[C@](C)(F)[C@@H]1O. The average molecular weight is 751 g/mol. The maximum atomic E-state index is 15.4. The van der Waals surface area contributed by atoms with Gasteiger partial charge < -0.3 is 24.4 Å². The van der Waals surface area contributed by atoms with Crippen LogP contribution in [-0.4, -0.2) is 78.5 Å². The normalized spacial score (nSPS) is 22.3. The molecule has 1 aliphatic heterocycles. The number of carbonyl (C=O) groups excluding carboxylic acids is 1. The topological polar surface area (TPSA) is 170 Å². The second-order valence-electron chi connectivity index (χ2n) is 11.9. The summed E-state index contributed by atoms with van der Waals surface area (Å²) in [6.07, 6.45) is 28.8. The second kappa shape index (κ2) is 25.5. The van der Waals surface area contributed by atoms with E-state index in [1.807, 2.05) is 17.1 Å². The number of nitrogens with zero attached hydrogens (tertiary/aromatic N) is 1.